The minimum atomic E-state index is -5.70. The second kappa shape index (κ2) is 23.8. The molecule has 4 aromatic heterocycles. The molecule has 0 aliphatic carbocycles. The van der Waals surface area contributed by atoms with Gasteiger partial charge in [0.05, 0.1) is 25.5 Å². The van der Waals surface area contributed by atoms with Crippen LogP contribution in [0, 0.1) is 0 Å². The number of aromatic nitrogens is 8. The fourth-order valence-electron chi connectivity index (χ4n) is 5.96. The van der Waals surface area contributed by atoms with E-state index < -0.39 is 103 Å². The zero-order valence-corrected chi connectivity index (χ0v) is 39.2. The van der Waals surface area contributed by atoms with Crippen LogP contribution in [-0.2, 0) is 56.8 Å². The average molecular weight is 1060 g/mol. The summed E-state index contributed by atoms with van der Waals surface area (Å²) in [7, 11) is -16.9. The molecule has 4 aromatic rings. The van der Waals surface area contributed by atoms with Crippen LogP contribution in [-0.4, -0.2) is 186 Å². The molecule has 0 spiro atoms. The Morgan fingerprint density at radius 1 is 0.746 bits per heavy atom. The highest BCUT2D eigenvalue weighted by Crippen LogP contribution is 2.66. The first-order valence-corrected chi connectivity index (χ1v) is 26.8. The Kier molecular flexibility index (Phi) is 19.9. The maximum absolute atomic E-state index is 11.8. The minimum Gasteiger partial charge on any atom is -0.480 e. The number of hydrogen-bond acceptors (Lipinski definition) is 25. The number of nitrogens with zero attached hydrogens (tertiary/aromatic N) is 8. The number of imidazole rings is 2. The molecule has 0 saturated carbocycles. The molecule has 37 heteroatoms. The Hall–Kier alpha value is -3.57. The van der Waals surface area contributed by atoms with Crippen molar-refractivity contribution >= 4 is 92.0 Å². The molecule has 0 radical (unpaired) electrons. The maximum Gasteiger partial charge on any atom is 0.490 e. The van der Waals surface area contributed by atoms with Crippen LogP contribution in [0.5, 0.6) is 0 Å². The molecule has 0 bridgehead atoms. The van der Waals surface area contributed by atoms with Gasteiger partial charge in [-0.2, -0.15) is 20.4 Å². The molecule has 0 amide bonds. The molecule has 13 atom stereocenters. The number of ether oxygens (including phenoxy) is 2. The van der Waals surface area contributed by atoms with Gasteiger partial charge in [-0.3, -0.25) is 23.2 Å². The van der Waals surface area contributed by atoms with Crippen LogP contribution in [0.4, 0.5) is 11.6 Å². The smallest absolute Gasteiger partial charge is 0.480 e. The van der Waals surface area contributed by atoms with Crippen LogP contribution < -0.4 is 22.9 Å². The first-order chi connectivity index (χ1) is 31.2. The first kappa shape index (κ1) is 56.0. The van der Waals surface area contributed by atoms with Gasteiger partial charge in [0, 0.05) is 6.42 Å². The minimum absolute atomic E-state index is 0.0426. The second-order valence-electron chi connectivity index (χ2n) is 14.3. The summed E-state index contributed by atoms with van der Waals surface area (Å²) in [6.07, 6.45) is 0.0950. The lowest BCUT2D eigenvalue weighted by atomic mass is 10.1. The molecule has 32 nitrogen and oxygen atoms in total. The second-order valence-corrected chi connectivity index (χ2v) is 22.0. The summed E-state index contributed by atoms with van der Waals surface area (Å²) in [5, 5.41) is 58.4. The molecule has 2 saturated heterocycles. The quantitative estimate of drug-likeness (QED) is 0.0321. The van der Waals surface area contributed by atoms with E-state index in [0.29, 0.717) is 35.5 Å². The van der Waals surface area contributed by atoms with Gasteiger partial charge in [-0.05, 0) is 29.3 Å². The van der Waals surface area contributed by atoms with Gasteiger partial charge in [-0.1, -0.05) is 0 Å². The fourth-order valence-corrected chi connectivity index (χ4v) is 11.1. The van der Waals surface area contributed by atoms with Gasteiger partial charge >= 0.3 is 35.4 Å². The molecular weight excluding hydrogens is 1010 g/mol. The van der Waals surface area contributed by atoms with Crippen LogP contribution in [0.3, 0.4) is 0 Å². The number of carboxylic acid groups (broad SMARTS) is 2. The van der Waals surface area contributed by atoms with Crippen molar-refractivity contribution in [3.05, 3.63) is 25.3 Å². The van der Waals surface area contributed by atoms with Gasteiger partial charge < -0.3 is 82.6 Å². The van der Waals surface area contributed by atoms with Crippen molar-refractivity contribution in [2.24, 2.45) is 11.5 Å². The highest BCUT2D eigenvalue weighted by Gasteiger charge is 2.48. The van der Waals surface area contributed by atoms with Crippen molar-refractivity contribution in [1.29, 1.82) is 0 Å². The summed E-state index contributed by atoms with van der Waals surface area (Å²) < 4.78 is 59.3. The molecule has 6 rings (SSSR count). The summed E-state index contributed by atoms with van der Waals surface area (Å²) in [4.78, 5) is 80.3. The van der Waals surface area contributed by atoms with Gasteiger partial charge in [0.2, 0.25) is 0 Å². The lowest BCUT2D eigenvalue weighted by Crippen LogP contribution is -2.37. The average Bonchev–Trinajstić information content (AvgIpc) is 3.99. The monoisotopic (exact) mass is 1060 g/mol. The summed E-state index contributed by atoms with van der Waals surface area (Å²) in [6, 6.07) is -1.59. The Bertz CT molecular complexity index is 2460. The van der Waals surface area contributed by atoms with E-state index in [1.54, 1.807) is 11.8 Å². The number of nitrogen functional groups attached to an aromatic ring is 2. The summed E-state index contributed by atoms with van der Waals surface area (Å²) in [6.45, 7) is -0.956. The van der Waals surface area contributed by atoms with Gasteiger partial charge in [0.15, 0.2) is 35.4 Å². The molecule has 6 heterocycles. The Morgan fingerprint density at radius 3 is 1.67 bits per heavy atom. The predicted molar refractivity (Wildman–Crippen MR) is 233 cm³/mol. The van der Waals surface area contributed by atoms with Crippen molar-refractivity contribution in [3.63, 3.8) is 0 Å². The lowest BCUT2D eigenvalue weighted by Gasteiger charge is -2.19. The van der Waals surface area contributed by atoms with Gasteiger partial charge in [-0.25, -0.2) is 43.6 Å². The van der Waals surface area contributed by atoms with Crippen LogP contribution in [0.1, 0.15) is 25.3 Å². The van der Waals surface area contributed by atoms with Gasteiger partial charge in [0.25, 0.3) is 0 Å². The van der Waals surface area contributed by atoms with Crippen LogP contribution in [0.25, 0.3) is 22.3 Å². The van der Waals surface area contributed by atoms with Crippen molar-refractivity contribution in [3.8, 4) is 0 Å². The van der Waals surface area contributed by atoms with E-state index >= 15 is 0 Å². The number of nitrogens with two attached hydrogens (primary N) is 4. The Morgan fingerprint density at radius 2 is 1.21 bits per heavy atom. The number of rotatable bonds is 19. The van der Waals surface area contributed by atoms with Crippen molar-refractivity contribution in [2.45, 2.75) is 74.0 Å². The number of carboxylic acids is 2. The SMILES string of the molecule is CSCC[C@H](N)C(=O)O.C[S+](CC[C@H](N)C(=O)O)C[C@H]1O[C@@H](n2cnc3c(N)ncnc32)[C@H](O)[C@@H]1O.Nc1ncnc2c1ncn2[C@@H]1O[C@H](COP(=O)(O)OP(=O)(O)OP(=O)(O)O)[C@@H](O)[C@H]1O. The first-order valence-electron chi connectivity index (χ1n) is 18.9. The molecule has 18 N–H and O–H groups in total. The molecular formula is C30H50N12O20P3S2+. The Labute approximate surface area is 384 Å². The normalized spacial score (nSPS) is 26.1. The molecule has 2 fully saturated rings. The highest BCUT2D eigenvalue weighted by atomic mass is 32.2. The molecule has 3 unspecified atom stereocenters. The number of carbonyl (C=O) groups is 2. The summed E-state index contributed by atoms with van der Waals surface area (Å²) in [5.74, 6) is 0.197. The summed E-state index contributed by atoms with van der Waals surface area (Å²) >= 11 is 1.60. The Balaban J connectivity index is 0.000000249. The van der Waals surface area contributed by atoms with E-state index in [4.69, 9.17) is 57.3 Å². The molecule has 0 aromatic carbocycles. The third kappa shape index (κ3) is 15.5. The van der Waals surface area contributed by atoms with Crippen molar-refractivity contribution in [2.75, 3.05) is 47.8 Å². The number of phosphoric ester groups is 1. The highest BCUT2D eigenvalue weighted by molar-refractivity contribution is 7.98. The van der Waals surface area contributed by atoms with Crippen LogP contribution in [0.2, 0.25) is 0 Å². The van der Waals surface area contributed by atoms with Crippen LogP contribution >= 0.6 is 35.2 Å². The largest absolute Gasteiger partial charge is 0.490 e. The molecule has 2 aliphatic heterocycles. The molecule has 2 aliphatic rings. The van der Waals surface area contributed by atoms with E-state index in [0.717, 1.165) is 12.1 Å². The van der Waals surface area contributed by atoms with E-state index in [1.807, 2.05) is 12.5 Å². The number of aliphatic hydroxyl groups excluding tert-OH is 4. The van der Waals surface area contributed by atoms with E-state index in [1.165, 1.54) is 28.1 Å². The summed E-state index contributed by atoms with van der Waals surface area (Å²) in [5.41, 5.74) is 23.3. The number of hydrogen-bond donors (Lipinski definition) is 14. The number of fused-ring (bicyclic) bond motifs is 2. The topological polar surface area (TPSA) is 525 Å². The zero-order chi connectivity index (χ0) is 50.2. The number of aliphatic carboxylic acids is 2. The number of phosphoric acid groups is 3. The number of thioether (sulfide) groups is 1. The number of anilines is 2. The lowest BCUT2D eigenvalue weighted by molar-refractivity contribution is -0.139. The van der Waals surface area contributed by atoms with Crippen molar-refractivity contribution in [1.82, 2.24) is 39.0 Å². The number of aliphatic hydroxyl groups is 4. The van der Waals surface area contributed by atoms with E-state index in [9.17, 15) is 48.6 Å². The van der Waals surface area contributed by atoms with Gasteiger partial charge in [-0.15, -0.1) is 0 Å². The maximum atomic E-state index is 11.8. The van der Waals surface area contributed by atoms with E-state index in [2.05, 4.69) is 43.0 Å². The van der Waals surface area contributed by atoms with Crippen LogP contribution in [0.15, 0.2) is 25.3 Å². The fraction of sp³-hybridized carbons (Fsp3) is 0.600. The zero-order valence-electron chi connectivity index (χ0n) is 34.9. The van der Waals surface area contributed by atoms with E-state index in [-0.39, 0.29) is 33.7 Å². The third-order valence-electron chi connectivity index (χ3n) is 9.31. The predicted octanol–water partition coefficient (Wildman–Crippen LogP) is -3.40. The third-order valence-corrected chi connectivity index (χ3v) is 15.6. The molecule has 376 valence electrons. The standard InChI is InChI=1S/C15H22N6O5S.C10H16N5O13P3.C5H11NO2S/c1-27(3-2-7(16)15(24)25)4-8-10(22)11(23)14(26-8)21-6-20-9-12(17)18-5-19-13(9)21;11-8-5-9(13-2-12-8)15(3-14-5)10-7(17)6(16)4(26-10)1-25-30(21,22)28-31(23,24)27-29(18,19)20;1-9-3-2-4(6)5(7)8/h5-8,10-11,14,22-23H,2-4,16H2,1H3,(H2-,17,18,19,24,25);2-4,6-7,10,16-17H,1H2,(H,21,22)(H,23,24)(H2,11,12,13)(H2,18,19,20);4H,2-3,6H2,1H3,(H,7,8)/p+1/t7-,8+,10+,11+,14+,27?;4-,6-,7-,10-;4-/m010/s1. The van der Waals surface area contributed by atoms with Crippen molar-refractivity contribution < 1.29 is 96.1 Å². The van der Waals surface area contributed by atoms with Gasteiger partial charge in [0.1, 0.15) is 83.9 Å². The molecule has 67 heavy (non-hydrogen) atoms.